The van der Waals surface area contributed by atoms with E-state index >= 15 is 0 Å². The van der Waals surface area contributed by atoms with Gasteiger partial charge in [-0.2, -0.15) is 0 Å². The molecule has 1 aromatic carbocycles. The second-order valence-corrected chi connectivity index (χ2v) is 6.92. The van der Waals surface area contributed by atoms with Crippen molar-refractivity contribution in [1.82, 2.24) is 15.5 Å². The summed E-state index contributed by atoms with van der Waals surface area (Å²) in [6.07, 6.45) is 4.12. The molecule has 5 nitrogen and oxygen atoms in total. The normalized spacial score (nSPS) is 20.9. The van der Waals surface area contributed by atoms with Gasteiger partial charge in [-0.25, -0.2) is 0 Å². The van der Waals surface area contributed by atoms with Crippen molar-refractivity contribution in [2.24, 2.45) is 10.9 Å². The van der Waals surface area contributed by atoms with Crippen LogP contribution in [-0.2, 0) is 0 Å². The quantitative estimate of drug-likeness (QED) is 0.286. The number of halogens is 1. The van der Waals surface area contributed by atoms with E-state index in [9.17, 15) is 0 Å². The van der Waals surface area contributed by atoms with Gasteiger partial charge in [0.1, 0.15) is 12.4 Å². The topological polar surface area (TPSA) is 48.9 Å². The lowest BCUT2D eigenvalue weighted by Gasteiger charge is -2.17. The molecule has 25 heavy (non-hydrogen) atoms. The van der Waals surface area contributed by atoms with Crippen LogP contribution in [0.4, 0.5) is 0 Å². The van der Waals surface area contributed by atoms with Crippen molar-refractivity contribution in [1.29, 1.82) is 0 Å². The Kier molecular flexibility index (Phi) is 8.29. The SMILES string of the molecule is CN=C(NCCOc1ccc(C)cc1)NCC1CCN(C2CC2)C1.I. The Morgan fingerprint density at radius 1 is 1.20 bits per heavy atom. The number of rotatable bonds is 7. The fourth-order valence-corrected chi connectivity index (χ4v) is 3.23. The van der Waals surface area contributed by atoms with Crippen LogP contribution in [0.25, 0.3) is 0 Å². The Balaban J connectivity index is 0.00000225. The summed E-state index contributed by atoms with van der Waals surface area (Å²) < 4.78 is 5.73. The molecular weight excluding hydrogens is 427 g/mol. The van der Waals surface area contributed by atoms with Gasteiger partial charge >= 0.3 is 0 Å². The molecule has 2 fully saturated rings. The second-order valence-electron chi connectivity index (χ2n) is 6.92. The molecule has 3 rings (SSSR count). The highest BCUT2D eigenvalue weighted by Crippen LogP contribution is 2.31. The van der Waals surface area contributed by atoms with Gasteiger partial charge in [0, 0.05) is 26.2 Å². The van der Waals surface area contributed by atoms with Crippen LogP contribution in [0.5, 0.6) is 5.75 Å². The molecule has 1 atom stereocenters. The van der Waals surface area contributed by atoms with Crippen molar-refractivity contribution in [3.05, 3.63) is 29.8 Å². The summed E-state index contributed by atoms with van der Waals surface area (Å²) in [5.41, 5.74) is 1.25. The van der Waals surface area contributed by atoms with Crippen LogP contribution in [0, 0.1) is 12.8 Å². The monoisotopic (exact) mass is 458 g/mol. The number of hydrogen-bond acceptors (Lipinski definition) is 3. The van der Waals surface area contributed by atoms with E-state index < -0.39 is 0 Å². The molecule has 0 amide bonds. The first-order valence-electron chi connectivity index (χ1n) is 9.12. The van der Waals surface area contributed by atoms with Crippen LogP contribution in [0.1, 0.15) is 24.8 Å². The van der Waals surface area contributed by atoms with Crippen LogP contribution in [0.2, 0.25) is 0 Å². The number of nitrogens with zero attached hydrogens (tertiary/aromatic N) is 2. The van der Waals surface area contributed by atoms with Gasteiger partial charge in [-0.1, -0.05) is 17.7 Å². The largest absolute Gasteiger partial charge is 0.492 e. The zero-order valence-electron chi connectivity index (χ0n) is 15.3. The Morgan fingerprint density at radius 3 is 2.64 bits per heavy atom. The molecular formula is C19H31IN4O. The number of guanidine groups is 1. The number of nitrogens with one attached hydrogen (secondary N) is 2. The molecule has 1 aliphatic carbocycles. The van der Waals surface area contributed by atoms with Gasteiger partial charge in [0.2, 0.25) is 0 Å². The molecule has 0 aromatic heterocycles. The van der Waals surface area contributed by atoms with Crippen molar-refractivity contribution in [3.63, 3.8) is 0 Å². The van der Waals surface area contributed by atoms with Gasteiger partial charge in [0.15, 0.2) is 5.96 Å². The first-order chi connectivity index (χ1) is 11.7. The minimum atomic E-state index is 0. The molecule has 0 radical (unpaired) electrons. The highest BCUT2D eigenvalue weighted by Gasteiger charge is 2.34. The van der Waals surface area contributed by atoms with Crippen LogP contribution in [-0.4, -0.2) is 56.7 Å². The maximum atomic E-state index is 5.73. The molecule has 0 bridgehead atoms. The van der Waals surface area contributed by atoms with E-state index in [4.69, 9.17) is 4.74 Å². The maximum Gasteiger partial charge on any atom is 0.191 e. The Morgan fingerprint density at radius 2 is 1.96 bits per heavy atom. The molecule has 1 aliphatic heterocycles. The van der Waals surface area contributed by atoms with Crippen molar-refractivity contribution in [2.75, 3.05) is 39.8 Å². The number of ether oxygens (including phenoxy) is 1. The van der Waals surface area contributed by atoms with E-state index in [0.29, 0.717) is 6.61 Å². The summed E-state index contributed by atoms with van der Waals surface area (Å²) in [6.45, 7) is 6.96. The summed E-state index contributed by atoms with van der Waals surface area (Å²) in [5.74, 6) is 2.52. The molecule has 1 aromatic rings. The van der Waals surface area contributed by atoms with Gasteiger partial charge in [0.05, 0.1) is 6.54 Å². The molecule has 1 saturated heterocycles. The Hall–Kier alpha value is -1.02. The van der Waals surface area contributed by atoms with Crippen LogP contribution < -0.4 is 15.4 Å². The zero-order valence-corrected chi connectivity index (χ0v) is 17.7. The lowest BCUT2D eigenvalue weighted by molar-refractivity contribution is 0.313. The summed E-state index contributed by atoms with van der Waals surface area (Å²) in [7, 11) is 1.82. The number of hydrogen-bond donors (Lipinski definition) is 2. The zero-order chi connectivity index (χ0) is 16.8. The predicted octanol–water partition coefficient (Wildman–Crippen LogP) is 2.64. The maximum absolute atomic E-state index is 5.73. The van der Waals surface area contributed by atoms with Crippen molar-refractivity contribution in [2.45, 2.75) is 32.2 Å². The molecule has 1 unspecified atom stereocenters. The van der Waals surface area contributed by atoms with Crippen LogP contribution >= 0.6 is 24.0 Å². The molecule has 6 heteroatoms. The van der Waals surface area contributed by atoms with E-state index in [1.165, 1.54) is 37.9 Å². The van der Waals surface area contributed by atoms with Gasteiger partial charge in [-0.05, 0) is 50.8 Å². The van der Waals surface area contributed by atoms with E-state index in [1.807, 2.05) is 19.2 Å². The minimum absolute atomic E-state index is 0. The fraction of sp³-hybridized carbons (Fsp3) is 0.632. The summed E-state index contributed by atoms with van der Waals surface area (Å²) in [6, 6.07) is 9.04. The van der Waals surface area contributed by atoms with Gasteiger partial charge in [-0.3, -0.25) is 4.99 Å². The van der Waals surface area contributed by atoms with Crippen molar-refractivity contribution < 1.29 is 4.74 Å². The molecule has 140 valence electrons. The molecule has 1 heterocycles. The average Bonchev–Trinajstić information content (AvgIpc) is 3.34. The summed E-state index contributed by atoms with van der Waals surface area (Å²) in [5, 5.41) is 6.78. The first kappa shape index (κ1) is 20.3. The van der Waals surface area contributed by atoms with E-state index in [2.05, 4.69) is 39.6 Å². The third-order valence-corrected chi connectivity index (χ3v) is 4.85. The fourth-order valence-electron chi connectivity index (χ4n) is 3.23. The van der Waals surface area contributed by atoms with E-state index in [-0.39, 0.29) is 24.0 Å². The lowest BCUT2D eigenvalue weighted by Crippen LogP contribution is -2.41. The number of benzene rings is 1. The third-order valence-electron chi connectivity index (χ3n) is 4.85. The van der Waals surface area contributed by atoms with Crippen molar-refractivity contribution >= 4 is 29.9 Å². The molecule has 0 spiro atoms. The van der Waals surface area contributed by atoms with E-state index in [0.717, 1.165) is 36.8 Å². The second kappa shape index (κ2) is 10.2. The standard InChI is InChI=1S/C19H30N4O.HI/c1-15-3-7-18(8-4-15)24-12-10-21-19(20-2)22-13-16-9-11-23(14-16)17-5-6-17;/h3-4,7-8,16-17H,5-6,9-14H2,1-2H3,(H2,20,21,22);1H. The smallest absolute Gasteiger partial charge is 0.191 e. The molecule has 1 saturated carbocycles. The summed E-state index contributed by atoms with van der Waals surface area (Å²) in [4.78, 5) is 6.95. The number of aliphatic imine (C=N–C) groups is 1. The van der Waals surface area contributed by atoms with Gasteiger partial charge in [-0.15, -0.1) is 24.0 Å². The Bertz CT molecular complexity index is 545. The van der Waals surface area contributed by atoms with Gasteiger partial charge < -0.3 is 20.3 Å². The van der Waals surface area contributed by atoms with Gasteiger partial charge in [0.25, 0.3) is 0 Å². The average molecular weight is 458 g/mol. The highest BCUT2D eigenvalue weighted by molar-refractivity contribution is 14.0. The van der Waals surface area contributed by atoms with Crippen molar-refractivity contribution in [3.8, 4) is 5.75 Å². The number of likely N-dealkylation sites (tertiary alicyclic amines) is 1. The number of aryl methyl sites for hydroxylation is 1. The molecule has 2 N–H and O–H groups in total. The lowest BCUT2D eigenvalue weighted by atomic mass is 10.1. The summed E-state index contributed by atoms with van der Waals surface area (Å²) >= 11 is 0. The van der Waals surface area contributed by atoms with Crippen LogP contribution in [0.15, 0.2) is 29.3 Å². The first-order valence-corrected chi connectivity index (χ1v) is 9.12. The van der Waals surface area contributed by atoms with Crippen LogP contribution in [0.3, 0.4) is 0 Å². The minimum Gasteiger partial charge on any atom is -0.492 e. The van der Waals surface area contributed by atoms with E-state index in [1.54, 1.807) is 0 Å². The third kappa shape index (κ3) is 6.66. The Labute approximate surface area is 168 Å². The molecule has 2 aliphatic rings. The highest BCUT2D eigenvalue weighted by atomic mass is 127. The predicted molar refractivity (Wildman–Crippen MR) is 114 cm³/mol.